The number of thioether (sulfide) groups is 1. The molecule has 118 valence electrons. The van der Waals surface area contributed by atoms with Gasteiger partial charge >= 0.3 is 0 Å². The molecule has 0 atom stereocenters. The summed E-state index contributed by atoms with van der Waals surface area (Å²) in [6, 6.07) is 18.1. The van der Waals surface area contributed by atoms with Gasteiger partial charge in [0.05, 0.1) is 12.3 Å². The molecule has 2 aromatic carbocycles. The molecule has 3 aromatic rings. The summed E-state index contributed by atoms with van der Waals surface area (Å²) in [6.45, 7) is 2.71. The summed E-state index contributed by atoms with van der Waals surface area (Å²) >= 11 is 8.60. The van der Waals surface area contributed by atoms with Gasteiger partial charge < -0.3 is 4.74 Å². The van der Waals surface area contributed by atoms with Crippen LogP contribution in [0.15, 0.2) is 58.9 Å². The van der Waals surface area contributed by atoms with Crippen molar-refractivity contribution in [3.63, 3.8) is 0 Å². The lowest BCUT2D eigenvalue weighted by molar-refractivity contribution is 0.344. The number of aryl methyl sites for hydroxylation is 1. The fourth-order valence-corrected chi connectivity index (χ4v) is 4.22. The Morgan fingerprint density at radius 2 is 1.87 bits per heavy atom. The van der Waals surface area contributed by atoms with Gasteiger partial charge in [-0.25, -0.2) is 4.68 Å². The van der Waals surface area contributed by atoms with Crippen LogP contribution in [0.1, 0.15) is 5.56 Å². The van der Waals surface area contributed by atoms with Crippen LogP contribution >= 0.6 is 35.3 Å². The summed E-state index contributed by atoms with van der Waals surface area (Å²) in [6.07, 6.45) is 0. The number of hydrogen-bond acceptors (Lipinski definition) is 5. The number of benzene rings is 2. The molecule has 0 aliphatic heterocycles. The van der Waals surface area contributed by atoms with E-state index < -0.39 is 0 Å². The molecule has 1 aromatic heterocycles. The standard InChI is InChI=1S/C17H16N2OS3/c1-13-7-9-15(10-8-13)20-11-12-22-16-18-19(17(21)23-16)14-5-3-2-4-6-14/h2-10H,11-12H2,1H3. The Labute approximate surface area is 148 Å². The van der Waals surface area contributed by atoms with Gasteiger partial charge in [-0.15, -0.1) is 5.10 Å². The van der Waals surface area contributed by atoms with Gasteiger partial charge in [0.15, 0.2) is 8.29 Å². The maximum absolute atomic E-state index is 5.73. The van der Waals surface area contributed by atoms with Crippen molar-refractivity contribution in [2.24, 2.45) is 0 Å². The van der Waals surface area contributed by atoms with Crippen LogP contribution in [0.3, 0.4) is 0 Å². The zero-order valence-electron chi connectivity index (χ0n) is 12.6. The van der Waals surface area contributed by atoms with Gasteiger partial charge in [0.1, 0.15) is 5.75 Å². The van der Waals surface area contributed by atoms with Crippen molar-refractivity contribution < 1.29 is 4.74 Å². The summed E-state index contributed by atoms with van der Waals surface area (Å²) in [5, 5.41) is 4.57. The number of aromatic nitrogens is 2. The van der Waals surface area contributed by atoms with E-state index >= 15 is 0 Å². The minimum atomic E-state index is 0.644. The maximum atomic E-state index is 5.73. The highest BCUT2D eigenvalue weighted by molar-refractivity contribution is 8.01. The molecule has 0 saturated heterocycles. The Balaban J connectivity index is 1.55. The first-order valence-corrected chi connectivity index (χ1v) is 9.41. The lowest BCUT2D eigenvalue weighted by Gasteiger charge is -2.05. The fraction of sp³-hybridized carbons (Fsp3) is 0.176. The van der Waals surface area contributed by atoms with Crippen LogP contribution in [0.5, 0.6) is 5.75 Å². The molecule has 0 radical (unpaired) electrons. The van der Waals surface area contributed by atoms with Gasteiger partial charge in [-0.1, -0.05) is 59.0 Å². The number of rotatable bonds is 6. The van der Waals surface area contributed by atoms with Gasteiger partial charge in [-0.05, 0) is 43.4 Å². The van der Waals surface area contributed by atoms with Crippen molar-refractivity contribution in [2.45, 2.75) is 11.3 Å². The van der Waals surface area contributed by atoms with Crippen LogP contribution in [-0.2, 0) is 0 Å². The molecule has 0 fully saturated rings. The van der Waals surface area contributed by atoms with E-state index in [0.29, 0.717) is 6.61 Å². The highest BCUT2D eigenvalue weighted by atomic mass is 32.2. The smallest absolute Gasteiger partial charge is 0.184 e. The molecule has 0 saturated carbocycles. The van der Waals surface area contributed by atoms with Crippen LogP contribution in [0, 0.1) is 10.9 Å². The third-order valence-electron chi connectivity index (χ3n) is 3.13. The molecule has 0 aliphatic rings. The Bertz CT molecular complexity index is 810. The van der Waals surface area contributed by atoms with Crippen molar-refractivity contribution in [3.05, 3.63) is 64.1 Å². The minimum Gasteiger partial charge on any atom is -0.493 e. The molecule has 0 bridgehead atoms. The van der Waals surface area contributed by atoms with Crippen molar-refractivity contribution in [2.75, 3.05) is 12.4 Å². The van der Waals surface area contributed by atoms with Crippen LogP contribution in [-0.4, -0.2) is 22.1 Å². The van der Waals surface area contributed by atoms with E-state index in [-0.39, 0.29) is 0 Å². The van der Waals surface area contributed by atoms with Crippen LogP contribution in [0.4, 0.5) is 0 Å². The van der Waals surface area contributed by atoms with E-state index in [1.165, 1.54) is 16.9 Å². The monoisotopic (exact) mass is 360 g/mol. The van der Waals surface area contributed by atoms with E-state index in [4.69, 9.17) is 17.0 Å². The lowest BCUT2D eigenvalue weighted by atomic mass is 10.2. The third kappa shape index (κ3) is 4.43. The van der Waals surface area contributed by atoms with Gasteiger partial charge in [-0.3, -0.25) is 0 Å². The zero-order valence-corrected chi connectivity index (χ0v) is 15.1. The zero-order chi connectivity index (χ0) is 16.1. The van der Waals surface area contributed by atoms with E-state index in [2.05, 4.69) is 24.2 Å². The van der Waals surface area contributed by atoms with Crippen molar-refractivity contribution >= 4 is 35.3 Å². The molecule has 6 heteroatoms. The molecule has 0 spiro atoms. The van der Waals surface area contributed by atoms with E-state index in [0.717, 1.165) is 25.5 Å². The Morgan fingerprint density at radius 3 is 2.61 bits per heavy atom. The van der Waals surface area contributed by atoms with E-state index in [1.54, 1.807) is 11.8 Å². The molecular weight excluding hydrogens is 344 g/mol. The minimum absolute atomic E-state index is 0.644. The number of hydrogen-bond donors (Lipinski definition) is 0. The topological polar surface area (TPSA) is 27.1 Å². The van der Waals surface area contributed by atoms with E-state index in [1.807, 2.05) is 47.1 Å². The van der Waals surface area contributed by atoms with Gasteiger partial charge in [-0.2, -0.15) is 0 Å². The molecule has 0 unspecified atom stereocenters. The summed E-state index contributed by atoms with van der Waals surface area (Å²) in [5.41, 5.74) is 2.23. The molecule has 0 aliphatic carbocycles. The SMILES string of the molecule is Cc1ccc(OCCSc2nn(-c3ccccc3)c(=S)s2)cc1. The summed E-state index contributed by atoms with van der Waals surface area (Å²) in [5.74, 6) is 1.74. The fourth-order valence-electron chi connectivity index (χ4n) is 1.97. The van der Waals surface area contributed by atoms with Crippen LogP contribution in [0.25, 0.3) is 5.69 Å². The molecule has 0 amide bonds. The second-order valence-corrected chi connectivity index (χ2v) is 7.86. The second kappa shape index (κ2) is 7.77. The number of para-hydroxylation sites is 1. The van der Waals surface area contributed by atoms with Crippen molar-refractivity contribution in [3.8, 4) is 11.4 Å². The van der Waals surface area contributed by atoms with Crippen molar-refractivity contribution in [1.82, 2.24) is 9.78 Å². The second-order valence-electron chi connectivity index (χ2n) is 4.89. The Morgan fingerprint density at radius 1 is 1.13 bits per heavy atom. The third-order valence-corrected chi connectivity index (χ3v) is 5.46. The molecule has 23 heavy (non-hydrogen) atoms. The maximum Gasteiger partial charge on any atom is 0.184 e. The summed E-state index contributed by atoms with van der Waals surface area (Å²) in [7, 11) is 0. The number of nitrogens with zero attached hydrogens (tertiary/aromatic N) is 2. The predicted molar refractivity (Wildman–Crippen MR) is 99.7 cm³/mol. The number of ether oxygens (including phenoxy) is 1. The molecule has 3 rings (SSSR count). The van der Waals surface area contributed by atoms with Gasteiger partial charge in [0.25, 0.3) is 0 Å². The highest BCUT2D eigenvalue weighted by Crippen LogP contribution is 2.24. The van der Waals surface area contributed by atoms with Crippen molar-refractivity contribution in [1.29, 1.82) is 0 Å². The average Bonchev–Trinajstić information content (AvgIpc) is 2.95. The average molecular weight is 361 g/mol. The highest BCUT2D eigenvalue weighted by Gasteiger charge is 2.06. The molecule has 3 nitrogen and oxygen atoms in total. The Kier molecular flexibility index (Phi) is 5.48. The normalized spacial score (nSPS) is 10.7. The summed E-state index contributed by atoms with van der Waals surface area (Å²) < 4.78 is 9.26. The largest absolute Gasteiger partial charge is 0.493 e. The van der Waals surface area contributed by atoms with Crippen LogP contribution < -0.4 is 4.74 Å². The van der Waals surface area contributed by atoms with Crippen LogP contribution in [0.2, 0.25) is 0 Å². The molecular formula is C17H16N2OS3. The summed E-state index contributed by atoms with van der Waals surface area (Å²) in [4.78, 5) is 0. The first kappa shape index (κ1) is 16.2. The lowest BCUT2D eigenvalue weighted by Crippen LogP contribution is -2.00. The molecule has 1 heterocycles. The first-order valence-electron chi connectivity index (χ1n) is 7.20. The predicted octanol–water partition coefficient (Wildman–Crippen LogP) is 5.14. The Hall–Kier alpha value is -1.63. The first-order chi connectivity index (χ1) is 11.2. The van der Waals surface area contributed by atoms with Gasteiger partial charge in [0.2, 0.25) is 0 Å². The quantitative estimate of drug-likeness (QED) is 0.345. The van der Waals surface area contributed by atoms with Gasteiger partial charge in [0, 0.05) is 5.75 Å². The van der Waals surface area contributed by atoms with E-state index in [9.17, 15) is 0 Å². The molecule has 0 N–H and O–H groups in total.